The van der Waals surface area contributed by atoms with Gasteiger partial charge in [-0.1, -0.05) is 6.92 Å². The first kappa shape index (κ1) is 22.7. The van der Waals surface area contributed by atoms with E-state index in [2.05, 4.69) is 16.0 Å². The number of hydrogen-bond acceptors (Lipinski definition) is 8. The second kappa shape index (κ2) is 10.8. The predicted octanol–water partition coefficient (Wildman–Crippen LogP) is -2.69. The fourth-order valence-electron chi connectivity index (χ4n) is 2.58. The van der Waals surface area contributed by atoms with E-state index in [9.17, 15) is 24.9 Å². The predicted molar refractivity (Wildman–Crippen MR) is 92.0 cm³/mol. The van der Waals surface area contributed by atoms with Gasteiger partial charge in [-0.2, -0.15) is 0 Å². The van der Waals surface area contributed by atoms with Crippen molar-refractivity contribution < 1.29 is 34.4 Å². The van der Waals surface area contributed by atoms with Crippen LogP contribution in [0.4, 0.5) is 0 Å². The minimum Gasteiger partial charge on any atom is -0.394 e. The summed E-state index contributed by atoms with van der Waals surface area (Å²) in [6.45, 7) is 5.20. The average Bonchev–Trinajstić information content (AvgIpc) is 2.61. The van der Waals surface area contributed by atoms with Crippen LogP contribution in [0.15, 0.2) is 0 Å². The van der Waals surface area contributed by atoms with E-state index in [0.717, 1.165) is 0 Å². The van der Waals surface area contributed by atoms with Crippen molar-refractivity contribution in [3.8, 4) is 0 Å². The SMILES string of the molecule is CNCCNC(=O)[C@H](C)NC(=O)[C@@H](C)O[C@H]1C(O)C(CO)OC(O)[C@H]1C. The van der Waals surface area contributed by atoms with Crippen LogP contribution in [-0.4, -0.2) is 90.6 Å². The third-order valence-electron chi connectivity index (χ3n) is 4.34. The maximum Gasteiger partial charge on any atom is 0.249 e. The highest BCUT2D eigenvalue weighted by atomic mass is 16.6. The minimum absolute atomic E-state index is 0.323. The fourth-order valence-corrected chi connectivity index (χ4v) is 2.58. The van der Waals surface area contributed by atoms with Crippen LogP contribution in [0.5, 0.6) is 0 Å². The summed E-state index contributed by atoms with van der Waals surface area (Å²) < 4.78 is 10.7. The number of hydrogen-bond donors (Lipinski definition) is 6. The van der Waals surface area contributed by atoms with Crippen molar-refractivity contribution in [2.75, 3.05) is 26.7 Å². The standard InChI is InChI=1S/C16H31N3O7/c1-8-13(12(21)11(7-20)26-16(8)24)25-10(3)15(23)19-9(2)14(22)18-6-5-17-4/h8-13,16-17,20-21,24H,5-7H2,1-4H3,(H,18,22)(H,19,23)/t8-,9-,10+,11?,12?,13+,16?/m0/s1. The second-order valence-electron chi connectivity index (χ2n) is 6.47. The molecule has 1 heterocycles. The first-order chi connectivity index (χ1) is 12.2. The zero-order valence-corrected chi connectivity index (χ0v) is 15.6. The molecule has 10 heteroatoms. The second-order valence-corrected chi connectivity index (χ2v) is 6.47. The molecule has 1 fully saturated rings. The zero-order chi connectivity index (χ0) is 19.9. The molecule has 3 unspecified atom stereocenters. The lowest BCUT2D eigenvalue weighted by molar-refractivity contribution is -0.278. The Morgan fingerprint density at radius 3 is 2.42 bits per heavy atom. The summed E-state index contributed by atoms with van der Waals surface area (Å²) >= 11 is 0. The average molecular weight is 377 g/mol. The van der Waals surface area contributed by atoms with Crippen LogP contribution in [0.3, 0.4) is 0 Å². The van der Waals surface area contributed by atoms with E-state index in [4.69, 9.17) is 9.47 Å². The first-order valence-electron chi connectivity index (χ1n) is 8.73. The Bertz CT molecular complexity index is 465. The Hall–Kier alpha value is -1.30. The van der Waals surface area contributed by atoms with Gasteiger partial charge in [-0.3, -0.25) is 9.59 Å². The molecule has 1 saturated heterocycles. The van der Waals surface area contributed by atoms with Crippen LogP contribution < -0.4 is 16.0 Å². The minimum atomic E-state index is -1.23. The van der Waals surface area contributed by atoms with Gasteiger partial charge in [0.1, 0.15) is 24.4 Å². The molecule has 152 valence electrons. The van der Waals surface area contributed by atoms with Gasteiger partial charge in [0.2, 0.25) is 11.8 Å². The lowest BCUT2D eigenvalue weighted by Gasteiger charge is -2.41. The number of carbonyl (C=O) groups is 2. The molecule has 1 aliphatic rings. The Labute approximate surface area is 153 Å². The monoisotopic (exact) mass is 377 g/mol. The molecule has 1 aliphatic heterocycles. The summed E-state index contributed by atoms with van der Waals surface area (Å²) in [6, 6.07) is -0.752. The summed E-state index contributed by atoms with van der Waals surface area (Å²) in [7, 11) is 1.76. The smallest absolute Gasteiger partial charge is 0.249 e. The van der Waals surface area contributed by atoms with Crippen molar-refractivity contribution in [1.82, 2.24) is 16.0 Å². The quantitative estimate of drug-likeness (QED) is 0.238. The van der Waals surface area contributed by atoms with Crippen molar-refractivity contribution >= 4 is 11.8 Å². The summed E-state index contributed by atoms with van der Waals surface area (Å²) in [6.07, 6.45) is -5.31. The van der Waals surface area contributed by atoms with Gasteiger partial charge in [-0.15, -0.1) is 0 Å². The van der Waals surface area contributed by atoms with Gasteiger partial charge in [0, 0.05) is 19.0 Å². The number of aliphatic hydroxyl groups is 3. The zero-order valence-electron chi connectivity index (χ0n) is 15.6. The Morgan fingerprint density at radius 2 is 1.85 bits per heavy atom. The number of amides is 2. The van der Waals surface area contributed by atoms with Gasteiger partial charge in [-0.25, -0.2) is 0 Å². The van der Waals surface area contributed by atoms with Crippen molar-refractivity contribution in [3.05, 3.63) is 0 Å². The van der Waals surface area contributed by atoms with Gasteiger partial charge >= 0.3 is 0 Å². The summed E-state index contributed by atoms with van der Waals surface area (Å²) in [5.74, 6) is -1.46. The molecular weight excluding hydrogens is 346 g/mol. The van der Waals surface area contributed by atoms with Gasteiger partial charge in [0.25, 0.3) is 0 Å². The molecule has 0 aromatic carbocycles. The Kier molecular flexibility index (Phi) is 9.41. The number of likely N-dealkylation sites (N-methyl/N-ethyl adjacent to an activating group) is 1. The third-order valence-corrected chi connectivity index (χ3v) is 4.34. The lowest BCUT2D eigenvalue weighted by Crippen LogP contribution is -2.57. The maximum absolute atomic E-state index is 12.3. The number of aliphatic hydroxyl groups excluding tert-OH is 3. The molecule has 0 aliphatic carbocycles. The van der Waals surface area contributed by atoms with Crippen LogP contribution in [-0.2, 0) is 19.1 Å². The largest absolute Gasteiger partial charge is 0.394 e. The molecule has 0 bridgehead atoms. The summed E-state index contributed by atoms with van der Waals surface area (Å²) in [4.78, 5) is 24.1. The topological polar surface area (TPSA) is 149 Å². The Morgan fingerprint density at radius 1 is 1.19 bits per heavy atom. The van der Waals surface area contributed by atoms with Crippen molar-refractivity contribution in [2.45, 2.75) is 57.5 Å². The van der Waals surface area contributed by atoms with Crippen LogP contribution in [0.25, 0.3) is 0 Å². The fraction of sp³-hybridized carbons (Fsp3) is 0.875. The van der Waals surface area contributed by atoms with Crippen LogP contribution >= 0.6 is 0 Å². The first-order valence-corrected chi connectivity index (χ1v) is 8.73. The molecule has 0 aromatic heterocycles. The van der Waals surface area contributed by atoms with E-state index in [0.29, 0.717) is 13.1 Å². The van der Waals surface area contributed by atoms with Crippen molar-refractivity contribution in [1.29, 1.82) is 0 Å². The highest BCUT2D eigenvalue weighted by molar-refractivity contribution is 5.88. The molecule has 0 saturated carbocycles. The maximum atomic E-state index is 12.3. The van der Waals surface area contributed by atoms with Crippen molar-refractivity contribution in [2.24, 2.45) is 5.92 Å². The van der Waals surface area contributed by atoms with Crippen LogP contribution in [0, 0.1) is 5.92 Å². The molecule has 10 nitrogen and oxygen atoms in total. The molecule has 26 heavy (non-hydrogen) atoms. The van der Waals surface area contributed by atoms with Gasteiger partial charge in [0.15, 0.2) is 6.29 Å². The van der Waals surface area contributed by atoms with Gasteiger partial charge in [0.05, 0.1) is 12.7 Å². The van der Waals surface area contributed by atoms with E-state index in [1.165, 1.54) is 6.92 Å². The molecule has 6 N–H and O–H groups in total. The molecule has 0 spiro atoms. The van der Waals surface area contributed by atoms with Crippen LogP contribution in [0.1, 0.15) is 20.8 Å². The van der Waals surface area contributed by atoms with E-state index < -0.39 is 55.2 Å². The summed E-state index contributed by atoms with van der Waals surface area (Å²) in [5.41, 5.74) is 0. The molecular formula is C16H31N3O7. The number of nitrogens with one attached hydrogen (secondary N) is 3. The molecule has 0 aromatic rings. The number of ether oxygens (including phenoxy) is 2. The van der Waals surface area contributed by atoms with E-state index in [1.807, 2.05) is 0 Å². The van der Waals surface area contributed by atoms with Crippen LogP contribution in [0.2, 0.25) is 0 Å². The normalized spacial score (nSPS) is 31.1. The molecule has 2 amide bonds. The Balaban J connectivity index is 2.58. The lowest BCUT2D eigenvalue weighted by atomic mass is 9.92. The summed E-state index contributed by atoms with van der Waals surface area (Å²) in [5, 5.41) is 37.4. The molecule has 0 radical (unpaired) electrons. The van der Waals surface area contributed by atoms with E-state index in [1.54, 1.807) is 20.9 Å². The van der Waals surface area contributed by atoms with Gasteiger partial charge < -0.3 is 40.7 Å². The highest BCUT2D eigenvalue weighted by Gasteiger charge is 2.44. The van der Waals surface area contributed by atoms with E-state index >= 15 is 0 Å². The van der Waals surface area contributed by atoms with Crippen molar-refractivity contribution in [3.63, 3.8) is 0 Å². The highest BCUT2D eigenvalue weighted by Crippen LogP contribution is 2.27. The molecule has 1 rings (SSSR count). The third kappa shape index (κ3) is 6.15. The number of rotatable bonds is 9. The van der Waals surface area contributed by atoms with Gasteiger partial charge in [-0.05, 0) is 20.9 Å². The molecule has 7 atom stereocenters. The van der Waals surface area contributed by atoms with E-state index in [-0.39, 0.29) is 5.91 Å². The number of carbonyl (C=O) groups excluding carboxylic acids is 2.